The van der Waals surface area contributed by atoms with E-state index < -0.39 is 5.97 Å². The van der Waals surface area contributed by atoms with Gasteiger partial charge in [-0.1, -0.05) is 0 Å². The maximum atomic E-state index is 11.8. The second-order valence-electron chi connectivity index (χ2n) is 4.46. The first-order valence-electron chi connectivity index (χ1n) is 6.15. The molecule has 4 N–H and O–H groups in total. The van der Waals surface area contributed by atoms with E-state index in [1.54, 1.807) is 25.1 Å². The lowest BCUT2D eigenvalue weighted by atomic mass is 10.1. The van der Waals surface area contributed by atoms with Gasteiger partial charge in [0.1, 0.15) is 0 Å². The first kappa shape index (κ1) is 13.4. The first-order chi connectivity index (χ1) is 9.02. The van der Waals surface area contributed by atoms with Gasteiger partial charge in [-0.15, -0.1) is 0 Å². The molecular weight excluding hydrogens is 246 g/mol. The Hall–Kier alpha value is -2.08. The molecule has 0 aliphatic carbocycles. The molecule has 102 valence electrons. The molecule has 2 rings (SSSR count). The highest BCUT2D eigenvalue weighted by molar-refractivity contribution is 6.01. The van der Waals surface area contributed by atoms with E-state index in [4.69, 9.17) is 16.2 Å². The van der Waals surface area contributed by atoms with Gasteiger partial charge >= 0.3 is 5.97 Å². The zero-order chi connectivity index (χ0) is 14.0. The van der Waals surface area contributed by atoms with E-state index in [1.807, 2.05) is 0 Å². The smallest absolute Gasteiger partial charge is 0.338 e. The first-order valence-corrected chi connectivity index (χ1v) is 6.15. The summed E-state index contributed by atoms with van der Waals surface area (Å²) in [5.41, 5.74) is 12.9. The molecule has 0 aromatic heterocycles. The number of ether oxygens (including phenoxy) is 1. The minimum atomic E-state index is -0.431. The van der Waals surface area contributed by atoms with Crippen LogP contribution in [0.1, 0.15) is 23.7 Å². The van der Waals surface area contributed by atoms with E-state index in [-0.39, 0.29) is 11.9 Å². The Morgan fingerprint density at radius 2 is 2.26 bits per heavy atom. The van der Waals surface area contributed by atoms with Crippen LogP contribution in [-0.4, -0.2) is 31.1 Å². The number of nitrogens with zero attached hydrogens (tertiary/aromatic N) is 1. The predicted octanol–water partition coefficient (Wildman–Crippen LogP) is 0.510. The Kier molecular flexibility index (Phi) is 3.71. The molecule has 1 aliphatic rings. The third kappa shape index (κ3) is 2.68. The highest BCUT2D eigenvalue weighted by Gasteiger charge is 2.29. The van der Waals surface area contributed by atoms with E-state index >= 15 is 0 Å². The van der Waals surface area contributed by atoms with Crippen molar-refractivity contribution in [2.75, 3.05) is 23.8 Å². The average molecular weight is 263 g/mol. The highest BCUT2D eigenvalue weighted by Crippen LogP contribution is 2.28. The van der Waals surface area contributed by atoms with Crippen molar-refractivity contribution in [2.45, 2.75) is 19.4 Å². The second-order valence-corrected chi connectivity index (χ2v) is 4.46. The van der Waals surface area contributed by atoms with Crippen LogP contribution in [0.4, 0.5) is 11.4 Å². The lowest BCUT2D eigenvalue weighted by Gasteiger charge is -2.19. The molecule has 1 heterocycles. The third-order valence-corrected chi connectivity index (χ3v) is 2.99. The van der Waals surface area contributed by atoms with E-state index in [0.29, 0.717) is 36.5 Å². The van der Waals surface area contributed by atoms with Gasteiger partial charge in [0.15, 0.2) is 0 Å². The van der Waals surface area contributed by atoms with Crippen molar-refractivity contribution >= 4 is 23.3 Å². The number of anilines is 2. The standard InChI is InChI=1S/C13H17N3O3/c1-2-19-13(18)8-3-4-10(15)11(5-8)16-7-9(14)6-12(16)17/h3-5,9H,2,6-7,14-15H2,1H3. The topological polar surface area (TPSA) is 98.7 Å². The van der Waals surface area contributed by atoms with Crippen LogP contribution in [0.25, 0.3) is 0 Å². The molecule has 0 bridgehead atoms. The molecule has 1 amide bonds. The van der Waals surface area contributed by atoms with Crippen LogP contribution in [0, 0.1) is 0 Å². The fraction of sp³-hybridized carbons (Fsp3) is 0.385. The Balaban J connectivity index is 2.32. The lowest BCUT2D eigenvalue weighted by Crippen LogP contribution is -2.28. The zero-order valence-corrected chi connectivity index (χ0v) is 10.8. The Morgan fingerprint density at radius 3 is 2.84 bits per heavy atom. The van der Waals surface area contributed by atoms with Crippen molar-refractivity contribution in [3.05, 3.63) is 23.8 Å². The molecule has 1 atom stereocenters. The van der Waals surface area contributed by atoms with Crippen LogP contribution in [-0.2, 0) is 9.53 Å². The van der Waals surface area contributed by atoms with Crippen molar-refractivity contribution in [2.24, 2.45) is 5.73 Å². The maximum absolute atomic E-state index is 11.8. The molecule has 1 aromatic carbocycles. The minimum Gasteiger partial charge on any atom is -0.462 e. The number of rotatable bonds is 3. The monoisotopic (exact) mass is 263 g/mol. The molecule has 1 saturated heterocycles. The maximum Gasteiger partial charge on any atom is 0.338 e. The molecule has 0 spiro atoms. The number of carbonyl (C=O) groups is 2. The van der Waals surface area contributed by atoms with Crippen molar-refractivity contribution < 1.29 is 14.3 Å². The molecule has 6 nitrogen and oxygen atoms in total. The van der Waals surface area contributed by atoms with Crippen molar-refractivity contribution in [3.8, 4) is 0 Å². The molecule has 1 aromatic rings. The normalized spacial score (nSPS) is 18.7. The zero-order valence-electron chi connectivity index (χ0n) is 10.8. The van der Waals surface area contributed by atoms with Crippen LogP contribution < -0.4 is 16.4 Å². The van der Waals surface area contributed by atoms with Crippen LogP contribution in [0.2, 0.25) is 0 Å². The summed E-state index contributed by atoms with van der Waals surface area (Å²) in [4.78, 5) is 25.0. The quantitative estimate of drug-likeness (QED) is 0.611. The van der Waals surface area contributed by atoms with E-state index in [9.17, 15) is 9.59 Å². The molecule has 6 heteroatoms. The van der Waals surface area contributed by atoms with Crippen LogP contribution in [0.5, 0.6) is 0 Å². The summed E-state index contributed by atoms with van der Waals surface area (Å²) < 4.78 is 4.93. The number of hydrogen-bond acceptors (Lipinski definition) is 5. The van der Waals surface area contributed by atoms with Gasteiger partial charge in [-0.25, -0.2) is 4.79 Å². The van der Waals surface area contributed by atoms with E-state index in [1.165, 1.54) is 4.90 Å². The molecule has 1 unspecified atom stereocenters. The Morgan fingerprint density at radius 1 is 1.53 bits per heavy atom. The number of esters is 1. The largest absolute Gasteiger partial charge is 0.462 e. The molecule has 0 radical (unpaired) electrons. The summed E-state index contributed by atoms with van der Waals surface area (Å²) in [6.07, 6.45) is 0.295. The van der Waals surface area contributed by atoms with Gasteiger partial charge in [-0.2, -0.15) is 0 Å². The minimum absolute atomic E-state index is 0.0831. The van der Waals surface area contributed by atoms with Gasteiger partial charge in [0, 0.05) is 19.0 Å². The van der Waals surface area contributed by atoms with Gasteiger partial charge in [0.25, 0.3) is 0 Å². The summed E-state index contributed by atoms with van der Waals surface area (Å²) >= 11 is 0. The van der Waals surface area contributed by atoms with Crippen LogP contribution >= 0.6 is 0 Å². The summed E-state index contributed by atoms with van der Waals surface area (Å²) in [7, 11) is 0. The van der Waals surface area contributed by atoms with Crippen molar-refractivity contribution in [1.82, 2.24) is 0 Å². The number of carbonyl (C=O) groups excluding carboxylic acids is 2. The van der Waals surface area contributed by atoms with Crippen LogP contribution in [0.15, 0.2) is 18.2 Å². The average Bonchev–Trinajstić information content (AvgIpc) is 2.69. The highest BCUT2D eigenvalue weighted by atomic mass is 16.5. The second kappa shape index (κ2) is 5.27. The van der Waals surface area contributed by atoms with Gasteiger partial charge in [-0.05, 0) is 25.1 Å². The predicted molar refractivity (Wildman–Crippen MR) is 71.8 cm³/mol. The number of benzene rings is 1. The summed E-state index contributed by atoms with van der Waals surface area (Å²) in [5.74, 6) is -0.514. The number of amides is 1. The fourth-order valence-corrected chi connectivity index (χ4v) is 2.09. The summed E-state index contributed by atoms with van der Waals surface area (Å²) in [5, 5.41) is 0. The van der Waals surface area contributed by atoms with Crippen molar-refractivity contribution in [1.29, 1.82) is 0 Å². The Bertz CT molecular complexity index is 516. The van der Waals surface area contributed by atoms with Gasteiger partial charge in [0.05, 0.1) is 23.5 Å². The molecule has 19 heavy (non-hydrogen) atoms. The van der Waals surface area contributed by atoms with Gasteiger partial charge < -0.3 is 21.1 Å². The number of nitrogens with two attached hydrogens (primary N) is 2. The summed E-state index contributed by atoms with van der Waals surface area (Å²) in [6, 6.07) is 4.55. The van der Waals surface area contributed by atoms with E-state index in [2.05, 4.69) is 0 Å². The fourth-order valence-electron chi connectivity index (χ4n) is 2.09. The number of hydrogen-bond donors (Lipinski definition) is 2. The van der Waals surface area contributed by atoms with Crippen LogP contribution in [0.3, 0.4) is 0 Å². The van der Waals surface area contributed by atoms with Gasteiger partial charge in [0.2, 0.25) is 5.91 Å². The van der Waals surface area contributed by atoms with Gasteiger partial charge in [-0.3, -0.25) is 4.79 Å². The lowest BCUT2D eigenvalue weighted by molar-refractivity contribution is -0.117. The summed E-state index contributed by atoms with van der Waals surface area (Å²) in [6.45, 7) is 2.44. The third-order valence-electron chi connectivity index (χ3n) is 2.99. The molecule has 1 fully saturated rings. The van der Waals surface area contributed by atoms with Crippen molar-refractivity contribution in [3.63, 3.8) is 0 Å². The number of nitrogen functional groups attached to an aromatic ring is 1. The Labute approximate surface area is 111 Å². The molecule has 1 aliphatic heterocycles. The molecule has 0 saturated carbocycles. The van der Waals surface area contributed by atoms with E-state index in [0.717, 1.165) is 0 Å². The molecular formula is C13H17N3O3. The SMILES string of the molecule is CCOC(=O)c1ccc(N)c(N2CC(N)CC2=O)c1.